The minimum atomic E-state index is -0.258. The molecule has 1 aromatic carbocycles. The van der Waals surface area contributed by atoms with Gasteiger partial charge in [-0.1, -0.05) is 11.6 Å². The third-order valence-corrected chi connectivity index (χ3v) is 3.95. The lowest BCUT2D eigenvalue weighted by Crippen LogP contribution is -2.51. The molecular weight excluding hydrogens is 326 g/mol. The van der Waals surface area contributed by atoms with Gasteiger partial charge >= 0.3 is 0 Å². The van der Waals surface area contributed by atoms with Crippen molar-refractivity contribution in [3.63, 3.8) is 0 Å². The molecule has 2 rings (SSSR count). The van der Waals surface area contributed by atoms with Crippen molar-refractivity contribution in [1.82, 2.24) is 10.2 Å². The molecule has 0 atom stereocenters. The summed E-state index contributed by atoms with van der Waals surface area (Å²) >= 11 is 5.92. The fourth-order valence-corrected chi connectivity index (χ4v) is 2.68. The van der Waals surface area contributed by atoms with Crippen molar-refractivity contribution in [2.75, 3.05) is 37.6 Å². The van der Waals surface area contributed by atoms with Gasteiger partial charge in [-0.05, 0) is 45.0 Å². The fraction of sp³-hybridized carbons (Fsp3) is 0.529. The van der Waals surface area contributed by atoms with E-state index in [4.69, 9.17) is 17.3 Å². The van der Waals surface area contributed by atoms with Gasteiger partial charge in [-0.15, -0.1) is 0 Å². The molecule has 0 aromatic heterocycles. The summed E-state index contributed by atoms with van der Waals surface area (Å²) in [5.41, 5.74) is 6.92. The van der Waals surface area contributed by atoms with Gasteiger partial charge in [0, 0.05) is 42.4 Å². The third kappa shape index (κ3) is 5.60. The summed E-state index contributed by atoms with van der Waals surface area (Å²) in [5, 5.41) is 3.61. The van der Waals surface area contributed by atoms with Crippen LogP contribution in [0.3, 0.4) is 0 Å². The Morgan fingerprint density at radius 2 is 1.79 bits per heavy atom. The molecule has 1 saturated heterocycles. The molecule has 1 heterocycles. The van der Waals surface area contributed by atoms with Crippen molar-refractivity contribution in [1.29, 1.82) is 0 Å². The zero-order chi connectivity index (χ0) is 17.7. The van der Waals surface area contributed by atoms with Gasteiger partial charge in [0.2, 0.25) is 5.91 Å². The smallest absolute Gasteiger partial charge is 0.242 e. The molecule has 3 N–H and O–H groups in total. The maximum atomic E-state index is 11.8. The highest BCUT2D eigenvalue weighted by molar-refractivity contribution is 6.30. The minimum Gasteiger partial charge on any atom is -0.370 e. The highest BCUT2D eigenvalue weighted by Gasteiger charge is 2.19. The predicted octanol–water partition coefficient (Wildman–Crippen LogP) is 1.69. The van der Waals surface area contributed by atoms with Crippen molar-refractivity contribution < 1.29 is 4.79 Å². The average Bonchev–Trinajstić information content (AvgIpc) is 2.52. The maximum Gasteiger partial charge on any atom is 0.242 e. The van der Waals surface area contributed by atoms with Crippen LogP contribution in [0.4, 0.5) is 5.69 Å². The van der Waals surface area contributed by atoms with E-state index in [0.717, 1.165) is 36.9 Å². The molecule has 0 aliphatic carbocycles. The molecule has 0 spiro atoms. The van der Waals surface area contributed by atoms with E-state index in [1.165, 1.54) is 0 Å². The van der Waals surface area contributed by atoms with Crippen molar-refractivity contribution >= 4 is 29.2 Å². The summed E-state index contributed by atoms with van der Waals surface area (Å²) < 4.78 is 0. The summed E-state index contributed by atoms with van der Waals surface area (Å²) in [5.74, 6) is 0.306. The number of carbonyl (C=O) groups is 1. The molecule has 1 aromatic rings. The lowest BCUT2D eigenvalue weighted by molar-refractivity contribution is -0.121. The minimum absolute atomic E-state index is 0.0561. The average molecular weight is 352 g/mol. The molecule has 24 heavy (non-hydrogen) atoms. The van der Waals surface area contributed by atoms with Gasteiger partial charge in [-0.2, -0.15) is 0 Å². The van der Waals surface area contributed by atoms with Gasteiger partial charge in [0.05, 0.1) is 0 Å². The number of halogens is 1. The molecule has 0 unspecified atom stereocenters. The van der Waals surface area contributed by atoms with Crippen molar-refractivity contribution in [3.05, 3.63) is 29.3 Å². The summed E-state index contributed by atoms with van der Waals surface area (Å²) in [7, 11) is 0. The number of hydrogen-bond donors (Lipinski definition) is 2. The second kappa shape index (κ2) is 7.75. The van der Waals surface area contributed by atoms with E-state index in [9.17, 15) is 4.79 Å². The van der Waals surface area contributed by atoms with Crippen LogP contribution in [0.1, 0.15) is 20.8 Å². The Bertz CT molecular complexity index is 586. The van der Waals surface area contributed by atoms with Crippen LogP contribution in [-0.2, 0) is 4.79 Å². The van der Waals surface area contributed by atoms with Crippen LogP contribution in [0.15, 0.2) is 29.3 Å². The van der Waals surface area contributed by atoms with E-state index in [0.29, 0.717) is 5.96 Å². The van der Waals surface area contributed by atoms with Gasteiger partial charge in [0.1, 0.15) is 6.54 Å². The second-order valence-electron chi connectivity index (χ2n) is 6.92. The number of piperazine rings is 1. The standard InChI is InChI=1S/C17H26ClN5O/c1-17(2,3)21-15(24)12-20-16(19)23-10-8-22(9-11-23)14-6-4-13(18)5-7-14/h4-7H,8-12H2,1-3H3,(H2,19,20)(H,21,24). The number of carbonyl (C=O) groups excluding carboxylic acids is 1. The largest absolute Gasteiger partial charge is 0.370 e. The number of amides is 1. The van der Waals surface area contributed by atoms with Crippen LogP contribution in [0.5, 0.6) is 0 Å². The molecule has 132 valence electrons. The van der Waals surface area contributed by atoms with Crippen LogP contribution >= 0.6 is 11.6 Å². The van der Waals surface area contributed by atoms with Crippen molar-refractivity contribution in [2.45, 2.75) is 26.3 Å². The molecule has 1 aliphatic heterocycles. The predicted molar refractivity (Wildman–Crippen MR) is 99.6 cm³/mol. The van der Waals surface area contributed by atoms with Crippen LogP contribution in [0, 0.1) is 0 Å². The molecule has 0 radical (unpaired) electrons. The molecule has 0 saturated carbocycles. The fourth-order valence-electron chi connectivity index (χ4n) is 2.56. The molecular formula is C17H26ClN5O. The normalized spacial score (nSPS) is 16.2. The molecule has 1 aliphatic rings. The Hall–Kier alpha value is -1.95. The van der Waals surface area contributed by atoms with Gasteiger partial charge < -0.3 is 20.9 Å². The number of aliphatic imine (C=N–C) groups is 1. The van der Waals surface area contributed by atoms with Crippen LogP contribution in [0.2, 0.25) is 5.02 Å². The Morgan fingerprint density at radius 1 is 1.21 bits per heavy atom. The van der Waals surface area contributed by atoms with E-state index in [1.807, 2.05) is 49.9 Å². The lowest BCUT2D eigenvalue weighted by atomic mass is 10.1. The summed E-state index contributed by atoms with van der Waals surface area (Å²) in [6.07, 6.45) is 0. The first kappa shape index (κ1) is 18.4. The summed E-state index contributed by atoms with van der Waals surface area (Å²) in [6.45, 7) is 9.13. The number of nitrogens with one attached hydrogen (secondary N) is 1. The Balaban J connectivity index is 1.83. The van der Waals surface area contributed by atoms with Crippen molar-refractivity contribution in [2.24, 2.45) is 10.7 Å². The number of nitrogens with zero attached hydrogens (tertiary/aromatic N) is 3. The zero-order valence-corrected chi connectivity index (χ0v) is 15.3. The van der Waals surface area contributed by atoms with Crippen molar-refractivity contribution in [3.8, 4) is 0 Å². The van der Waals surface area contributed by atoms with Gasteiger partial charge in [0.25, 0.3) is 0 Å². The van der Waals surface area contributed by atoms with Crippen LogP contribution in [0.25, 0.3) is 0 Å². The van der Waals surface area contributed by atoms with E-state index in [-0.39, 0.29) is 18.0 Å². The first-order valence-electron chi connectivity index (χ1n) is 8.11. The van der Waals surface area contributed by atoms with E-state index in [1.54, 1.807) is 0 Å². The number of anilines is 1. The van der Waals surface area contributed by atoms with Gasteiger partial charge in [0.15, 0.2) is 5.96 Å². The Morgan fingerprint density at radius 3 is 2.33 bits per heavy atom. The molecule has 0 bridgehead atoms. The second-order valence-corrected chi connectivity index (χ2v) is 7.36. The number of rotatable bonds is 3. The molecule has 1 fully saturated rings. The number of benzene rings is 1. The zero-order valence-electron chi connectivity index (χ0n) is 14.6. The highest BCUT2D eigenvalue weighted by Crippen LogP contribution is 2.19. The molecule has 7 heteroatoms. The van der Waals surface area contributed by atoms with E-state index in [2.05, 4.69) is 15.2 Å². The molecule has 6 nitrogen and oxygen atoms in total. The topological polar surface area (TPSA) is 74.0 Å². The van der Waals surface area contributed by atoms with Gasteiger partial charge in [-0.25, -0.2) is 4.99 Å². The third-order valence-electron chi connectivity index (χ3n) is 3.69. The summed E-state index contributed by atoms with van der Waals surface area (Å²) in [6, 6.07) is 7.83. The first-order chi connectivity index (χ1) is 11.2. The highest BCUT2D eigenvalue weighted by atomic mass is 35.5. The van der Waals surface area contributed by atoms with Gasteiger partial charge in [-0.3, -0.25) is 4.79 Å². The quantitative estimate of drug-likeness (QED) is 0.642. The maximum absolute atomic E-state index is 11.8. The number of nitrogens with two attached hydrogens (primary N) is 1. The van der Waals surface area contributed by atoms with Crippen LogP contribution < -0.4 is 16.0 Å². The summed E-state index contributed by atoms with van der Waals surface area (Å²) in [4.78, 5) is 20.3. The Labute approximate surface area is 148 Å². The monoisotopic (exact) mass is 351 g/mol. The first-order valence-corrected chi connectivity index (χ1v) is 8.49. The lowest BCUT2D eigenvalue weighted by Gasteiger charge is -2.36. The Kier molecular flexibility index (Phi) is 5.94. The van der Waals surface area contributed by atoms with E-state index >= 15 is 0 Å². The number of hydrogen-bond acceptors (Lipinski definition) is 3. The molecule has 1 amide bonds. The van der Waals surface area contributed by atoms with E-state index < -0.39 is 0 Å². The van der Waals surface area contributed by atoms with Crippen LogP contribution in [-0.4, -0.2) is 55.0 Å². The number of guanidine groups is 1. The SMILES string of the molecule is CC(C)(C)NC(=O)CN=C(N)N1CCN(c2ccc(Cl)cc2)CC1.